The number of thiophene rings is 1. The number of guanidine groups is 1. The minimum absolute atomic E-state index is 0. The molecule has 0 bridgehead atoms. The summed E-state index contributed by atoms with van der Waals surface area (Å²) >= 11 is 5.18. The Labute approximate surface area is 149 Å². The molecule has 0 aliphatic carbocycles. The molecule has 0 unspecified atom stereocenters. The molecular formula is C14H17BrIN3S. The van der Waals surface area contributed by atoms with Gasteiger partial charge in [-0.1, -0.05) is 28.1 Å². The molecule has 2 N–H and O–H groups in total. The summed E-state index contributed by atoms with van der Waals surface area (Å²) < 4.78 is 1.09. The van der Waals surface area contributed by atoms with Crippen LogP contribution in [0.25, 0.3) is 0 Å². The molecule has 0 atom stereocenters. The predicted octanol–water partition coefficient (Wildman–Crippen LogP) is 3.99. The average Bonchev–Trinajstić information content (AvgIpc) is 2.92. The highest BCUT2D eigenvalue weighted by molar-refractivity contribution is 14.0. The Bertz CT molecular complexity index is 543. The van der Waals surface area contributed by atoms with E-state index in [4.69, 9.17) is 0 Å². The van der Waals surface area contributed by atoms with Gasteiger partial charge in [-0.25, -0.2) is 0 Å². The van der Waals surface area contributed by atoms with E-state index in [9.17, 15) is 0 Å². The first-order valence-corrected chi connectivity index (χ1v) is 7.71. The van der Waals surface area contributed by atoms with Crippen molar-refractivity contribution in [2.45, 2.75) is 13.1 Å². The lowest BCUT2D eigenvalue weighted by Gasteiger charge is -2.11. The number of hydrogen-bond donors (Lipinski definition) is 2. The largest absolute Gasteiger partial charge is 0.352 e. The lowest BCUT2D eigenvalue weighted by Crippen LogP contribution is -2.36. The van der Waals surface area contributed by atoms with E-state index in [-0.39, 0.29) is 24.0 Å². The van der Waals surface area contributed by atoms with Crippen molar-refractivity contribution in [3.8, 4) is 0 Å². The highest BCUT2D eigenvalue weighted by atomic mass is 127. The smallest absolute Gasteiger partial charge is 0.191 e. The highest BCUT2D eigenvalue weighted by Crippen LogP contribution is 2.11. The second kappa shape index (κ2) is 9.36. The van der Waals surface area contributed by atoms with E-state index in [2.05, 4.69) is 60.5 Å². The number of aliphatic imine (C=N–C) groups is 1. The third-order valence-corrected chi connectivity index (χ3v) is 3.84. The minimum Gasteiger partial charge on any atom is -0.352 e. The predicted molar refractivity (Wildman–Crippen MR) is 101 cm³/mol. The Morgan fingerprint density at radius 3 is 2.55 bits per heavy atom. The van der Waals surface area contributed by atoms with Gasteiger partial charge in [0.15, 0.2) is 5.96 Å². The van der Waals surface area contributed by atoms with Crippen molar-refractivity contribution in [1.82, 2.24) is 10.6 Å². The molecule has 0 aliphatic heterocycles. The quantitative estimate of drug-likeness (QED) is 0.407. The van der Waals surface area contributed by atoms with Crippen LogP contribution in [0.15, 0.2) is 50.6 Å². The van der Waals surface area contributed by atoms with Gasteiger partial charge in [-0.15, -0.1) is 24.0 Å². The van der Waals surface area contributed by atoms with Crippen LogP contribution >= 0.6 is 51.2 Å². The van der Waals surface area contributed by atoms with E-state index < -0.39 is 0 Å². The number of halogens is 2. The van der Waals surface area contributed by atoms with Crippen LogP contribution in [0.5, 0.6) is 0 Å². The van der Waals surface area contributed by atoms with E-state index in [0.29, 0.717) is 0 Å². The zero-order valence-corrected chi connectivity index (χ0v) is 15.8. The highest BCUT2D eigenvalue weighted by Gasteiger charge is 1.99. The number of nitrogens with one attached hydrogen (secondary N) is 2. The summed E-state index contributed by atoms with van der Waals surface area (Å²) in [5.74, 6) is 0.811. The molecule has 0 fully saturated rings. The maximum absolute atomic E-state index is 4.21. The van der Waals surface area contributed by atoms with Crippen molar-refractivity contribution in [3.63, 3.8) is 0 Å². The fourth-order valence-electron chi connectivity index (χ4n) is 1.63. The summed E-state index contributed by atoms with van der Waals surface area (Å²) in [6.07, 6.45) is 0. The van der Waals surface area contributed by atoms with Crippen molar-refractivity contribution >= 4 is 57.2 Å². The number of nitrogens with zero attached hydrogens (tertiary/aromatic N) is 1. The van der Waals surface area contributed by atoms with E-state index in [1.54, 1.807) is 18.4 Å². The van der Waals surface area contributed by atoms with Gasteiger partial charge in [-0.05, 0) is 40.1 Å². The third kappa shape index (κ3) is 5.80. The monoisotopic (exact) mass is 465 g/mol. The summed E-state index contributed by atoms with van der Waals surface area (Å²) in [5, 5.41) is 10.8. The van der Waals surface area contributed by atoms with Gasteiger partial charge >= 0.3 is 0 Å². The van der Waals surface area contributed by atoms with Gasteiger partial charge in [0, 0.05) is 24.6 Å². The van der Waals surface area contributed by atoms with Crippen molar-refractivity contribution < 1.29 is 0 Å². The topological polar surface area (TPSA) is 36.4 Å². The van der Waals surface area contributed by atoms with Gasteiger partial charge in [-0.3, -0.25) is 4.99 Å². The Morgan fingerprint density at radius 1 is 1.20 bits per heavy atom. The van der Waals surface area contributed by atoms with Gasteiger partial charge in [0.05, 0.1) is 0 Å². The number of rotatable bonds is 4. The summed E-state index contributed by atoms with van der Waals surface area (Å²) in [4.78, 5) is 4.21. The van der Waals surface area contributed by atoms with E-state index in [1.807, 2.05) is 12.1 Å². The molecule has 2 rings (SSSR count). The van der Waals surface area contributed by atoms with Gasteiger partial charge in [0.2, 0.25) is 0 Å². The van der Waals surface area contributed by atoms with Crippen molar-refractivity contribution in [2.24, 2.45) is 4.99 Å². The molecule has 2 aromatic rings. The third-order valence-electron chi connectivity index (χ3n) is 2.61. The van der Waals surface area contributed by atoms with Crippen molar-refractivity contribution in [3.05, 3.63) is 56.7 Å². The number of benzene rings is 1. The zero-order chi connectivity index (χ0) is 13.5. The molecule has 0 saturated heterocycles. The average molecular weight is 466 g/mol. The summed E-state index contributed by atoms with van der Waals surface area (Å²) in [7, 11) is 1.78. The zero-order valence-electron chi connectivity index (χ0n) is 11.1. The molecule has 0 radical (unpaired) electrons. The van der Waals surface area contributed by atoms with Crippen molar-refractivity contribution in [2.75, 3.05) is 7.05 Å². The molecule has 0 spiro atoms. The fraction of sp³-hybridized carbons (Fsp3) is 0.214. The van der Waals surface area contributed by atoms with Crippen LogP contribution in [-0.2, 0) is 13.1 Å². The SMILES string of the molecule is CN=C(NCc1ccsc1)NCc1cccc(Br)c1.I. The first kappa shape index (κ1) is 17.5. The van der Waals surface area contributed by atoms with Crippen LogP contribution < -0.4 is 10.6 Å². The maximum Gasteiger partial charge on any atom is 0.191 e. The Morgan fingerprint density at radius 2 is 1.95 bits per heavy atom. The molecule has 0 aliphatic rings. The van der Waals surface area contributed by atoms with Crippen LogP contribution in [0.1, 0.15) is 11.1 Å². The van der Waals surface area contributed by atoms with Crippen LogP contribution in [0.2, 0.25) is 0 Å². The summed E-state index contributed by atoms with van der Waals surface area (Å²) in [6.45, 7) is 1.55. The molecule has 1 aromatic carbocycles. The molecule has 1 heterocycles. The van der Waals surface area contributed by atoms with Crippen LogP contribution in [0, 0.1) is 0 Å². The molecule has 20 heavy (non-hydrogen) atoms. The van der Waals surface area contributed by atoms with E-state index in [0.717, 1.165) is 23.5 Å². The summed E-state index contributed by atoms with van der Waals surface area (Å²) in [5.41, 5.74) is 2.49. The molecule has 0 saturated carbocycles. The second-order valence-electron chi connectivity index (χ2n) is 4.04. The van der Waals surface area contributed by atoms with Gasteiger partial charge in [0.25, 0.3) is 0 Å². The normalized spacial score (nSPS) is 10.8. The van der Waals surface area contributed by atoms with E-state index >= 15 is 0 Å². The van der Waals surface area contributed by atoms with Gasteiger partial charge < -0.3 is 10.6 Å². The van der Waals surface area contributed by atoms with Crippen LogP contribution in [0.4, 0.5) is 0 Å². The molecule has 3 nitrogen and oxygen atoms in total. The Kier molecular flexibility index (Phi) is 8.16. The lowest BCUT2D eigenvalue weighted by molar-refractivity contribution is 0.810. The Balaban J connectivity index is 0.00000200. The first-order valence-electron chi connectivity index (χ1n) is 5.98. The molecule has 0 amide bonds. The van der Waals surface area contributed by atoms with Crippen LogP contribution in [0.3, 0.4) is 0 Å². The van der Waals surface area contributed by atoms with Crippen molar-refractivity contribution in [1.29, 1.82) is 0 Å². The molecule has 6 heteroatoms. The summed E-state index contributed by atoms with van der Waals surface area (Å²) in [6, 6.07) is 10.3. The standard InChI is InChI=1S/C14H16BrN3S.HI/c1-16-14(18-9-12-5-6-19-10-12)17-8-11-3-2-4-13(15)7-11;/h2-7,10H,8-9H2,1H3,(H2,16,17,18);1H. The van der Waals surface area contributed by atoms with Crippen LogP contribution in [-0.4, -0.2) is 13.0 Å². The van der Waals surface area contributed by atoms with Gasteiger partial charge in [0.1, 0.15) is 0 Å². The second-order valence-corrected chi connectivity index (χ2v) is 5.74. The lowest BCUT2D eigenvalue weighted by atomic mass is 10.2. The van der Waals surface area contributed by atoms with E-state index in [1.165, 1.54) is 11.1 Å². The first-order chi connectivity index (χ1) is 9.28. The Hall–Kier alpha value is -0.600. The molecule has 1 aromatic heterocycles. The number of hydrogen-bond acceptors (Lipinski definition) is 2. The maximum atomic E-state index is 4.21. The molecule has 108 valence electrons. The van der Waals surface area contributed by atoms with Gasteiger partial charge in [-0.2, -0.15) is 11.3 Å². The molecular weight excluding hydrogens is 449 g/mol. The fourth-order valence-corrected chi connectivity index (χ4v) is 2.75. The minimum atomic E-state index is 0.